The van der Waals surface area contributed by atoms with Crippen molar-refractivity contribution in [2.24, 2.45) is 0 Å². The highest BCUT2D eigenvalue weighted by atomic mass is 35.5. The number of urea groups is 1. The first-order chi connectivity index (χ1) is 15.6. The van der Waals surface area contributed by atoms with Gasteiger partial charge in [0.1, 0.15) is 11.8 Å². The molecule has 8 heteroatoms. The van der Waals surface area contributed by atoms with Gasteiger partial charge in [-0.25, -0.2) is 4.79 Å². The molecule has 0 spiro atoms. The molecule has 162 valence electrons. The van der Waals surface area contributed by atoms with Gasteiger partial charge >= 0.3 is 6.03 Å². The number of para-hydroxylation sites is 2. The minimum atomic E-state index is -0.649. The van der Waals surface area contributed by atoms with Gasteiger partial charge in [0.15, 0.2) is 0 Å². The Morgan fingerprint density at radius 1 is 1.00 bits per heavy atom. The number of anilines is 1. The highest BCUT2D eigenvalue weighted by Crippen LogP contribution is 2.27. The van der Waals surface area contributed by atoms with Gasteiger partial charge in [-0.1, -0.05) is 54.1 Å². The van der Waals surface area contributed by atoms with Crippen molar-refractivity contribution in [3.63, 3.8) is 0 Å². The van der Waals surface area contributed by atoms with Crippen LogP contribution in [0.25, 0.3) is 11.5 Å². The Hall–Kier alpha value is -3.84. The van der Waals surface area contributed by atoms with E-state index < -0.39 is 12.1 Å². The second-order valence-corrected chi connectivity index (χ2v) is 7.26. The van der Waals surface area contributed by atoms with E-state index in [0.717, 1.165) is 11.1 Å². The van der Waals surface area contributed by atoms with Crippen molar-refractivity contribution in [1.29, 1.82) is 0 Å². The molecule has 2 N–H and O–H groups in total. The Kier molecular flexibility index (Phi) is 6.67. The minimum absolute atomic E-state index is 0.259. The summed E-state index contributed by atoms with van der Waals surface area (Å²) in [6.45, 7) is 2.37. The van der Waals surface area contributed by atoms with Crippen molar-refractivity contribution in [2.45, 2.75) is 13.0 Å². The molecule has 4 rings (SSSR count). The zero-order valence-corrected chi connectivity index (χ0v) is 18.0. The van der Waals surface area contributed by atoms with Gasteiger partial charge in [0.05, 0.1) is 12.3 Å². The molecule has 3 aromatic carbocycles. The molecule has 0 saturated heterocycles. The molecule has 1 atom stereocenters. The van der Waals surface area contributed by atoms with E-state index in [9.17, 15) is 4.79 Å². The van der Waals surface area contributed by atoms with Crippen LogP contribution in [0.3, 0.4) is 0 Å². The molecule has 1 aromatic heterocycles. The minimum Gasteiger partial charge on any atom is -0.492 e. The fraction of sp³-hybridized carbons (Fsp3) is 0.125. The first-order valence-corrected chi connectivity index (χ1v) is 10.5. The van der Waals surface area contributed by atoms with E-state index >= 15 is 0 Å². The number of halogens is 1. The van der Waals surface area contributed by atoms with Crippen molar-refractivity contribution in [3.8, 4) is 17.2 Å². The molecule has 32 heavy (non-hydrogen) atoms. The number of rotatable bonds is 7. The number of ether oxygens (including phenoxy) is 1. The second-order valence-electron chi connectivity index (χ2n) is 6.82. The number of carbonyl (C=O) groups excluding carboxylic acids is 1. The lowest BCUT2D eigenvalue weighted by Gasteiger charge is -2.17. The smallest absolute Gasteiger partial charge is 0.320 e. The summed E-state index contributed by atoms with van der Waals surface area (Å²) in [6, 6.07) is 22.6. The first kappa shape index (κ1) is 21.4. The molecule has 0 aliphatic rings. The normalized spacial score (nSPS) is 11.6. The van der Waals surface area contributed by atoms with Crippen LogP contribution in [0.1, 0.15) is 24.4 Å². The third kappa shape index (κ3) is 5.07. The summed E-state index contributed by atoms with van der Waals surface area (Å²) in [4.78, 5) is 12.9. The zero-order valence-electron chi connectivity index (χ0n) is 17.3. The van der Waals surface area contributed by atoms with Gasteiger partial charge in [0.2, 0.25) is 11.8 Å². The maximum absolute atomic E-state index is 12.9. The van der Waals surface area contributed by atoms with Gasteiger partial charge in [-0.3, -0.25) is 0 Å². The monoisotopic (exact) mass is 448 g/mol. The van der Waals surface area contributed by atoms with Gasteiger partial charge in [-0.15, -0.1) is 10.2 Å². The van der Waals surface area contributed by atoms with Crippen molar-refractivity contribution in [3.05, 3.63) is 95.3 Å². The number of aromatic nitrogens is 2. The van der Waals surface area contributed by atoms with E-state index in [0.29, 0.717) is 29.0 Å². The summed E-state index contributed by atoms with van der Waals surface area (Å²) in [5, 5.41) is 14.7. The molecule has 0 unspecified atom stereocenters. The number of benzene rings is 3. The second kappa shape index (κ2) is 9.98. The van der Waals surface area contributed by atoms with Crippen molar-refractivity contribution in [2.75, 3.05) is 11.9 Å². The lowest BCUT2D eigenvalue weighted by atomic mass is 10.1. The molecule has 0 fully saturated rings. The number of hydrogen-bond donors (Lipinski definition) is 2. The SMILES string of the molecule is CCOc1ccccc1NC(=O)N[C@H](c1ccccc1)c1nnc(-c2ccc(Cl)cc2)o1. The molecule has 4 aromatic rings. The van der Waals surface area contributed by atoms with Crippen LogP contribution in [0.4, 0.5) is 10.5 Å². The Bertz CT molecular complexity index is 1180. The van der Waals surface area contributed by atoms with Crippen LogP contribution in [-0.4, -0.2) is 22.8 Å². The molecule has 0 aliphatic heterocycles. The van der Waals surface area contributed by atoms with Crippen molar-refractivity contribution >= 4 is 23.3 Å². The van der Waals surface area contributed by atoms with Crippen LogP contribution < -0.4 is 15.4 Å². The first-order valence-electron chi connectivity index (χ1n) is 10.1. The largest absolute Gasteiger partial charge is 0.492 e. The number of nitrogens with zero attached hydrogens (tertiary/aromatic N) is 2. The summed E-state index contributed by atoms with van der Waals surface area (Å²) >= 11 is 5.96. The molecule has 0 bridgehead atoms. The fourth-order valence-corrected chi connectivity index (χ4v) is 3.26. The molecule has 7 nitrogen and oxygen atoms in total. The van der Waals surface area contributed by atoms with Gasteiger partial charge in [0, 0.05) is 10.6 Å². The lowest BCUT2D eigenvalue weighted by Crippen LogP contribution is -2.33. The quantitative estimate of drug-likeness (QED) is 0.378. The average Bonchev–Trinajstić information content (AvgIpc) is 3.30. The fourth-order valence-electron chi connectivity index (χ4n) is 3.13. The summed E-state index contributed by atoms with van der Waals surface area (Å²) in [6.07, 6.45) is 0. The van der Waals surface area contributed by atoms with Crippen LogP contribution >= 0.6 is 11.6 Å². The maximum Gasteiger partial charge on any atom is 0.320 e. The van der Waals surface area contributed by atoms with Crippen molar-refractivity contribution in [1.82, 2.24) is 15.5 Å². The predicted octanol–water partition coefficient (Wildman–Crippen LogP) is 5.70. The molecular weight excluding hydrogens is 428 g/mol. The summed E-state index contributed by atoms with van der Waals surface area (Å²) in [7, 11) is 0. The zero-order chi connectivity index (χ0) is 22.3. The molecule has 2 amide bonds. The number of hydrogen-bond acceptors (Lipinski definition) is 5. The van der Waals surface area contributed by atoms with E-state index in [2.05, 4.69) is 20.8 Å². The third-order valence-electron chi connectivity index (χ3n) is 4.62. The van der Waals surface area contributed by atoms with E-state index in [1.165, 1.54) is 0 Å². The van der Waals surface area contributed by atoms with E-state index in [1.807, 2.05) is 49.4 Å². The van der Waals surface area contributed by atoms with Gasteiger partial charge in [0.25, 0.3) is 0 Å². The number of nitrogens with one attached hydrogen (secondary N) is 2. The highest BCUT2D eigenvalue weighted by molar-refractivity contribution is 6.30. The van der Waals surface area contributed by atoms with Gasteiger partial charge in [-0.2, -0.15) is 0 Å². The summed E-state index contributed by atoms with van der Waals surface area (Å²) < 4.78 is 11.5. The van der Waals surface area contributed by atoms with Gasteiger partial charge < -0.3 is 19.8 Å². The van der Waals surface area contributed by atoms with Crippen LogP contribution in [-0.2, 0) is 0 Å². The standard InChI is InChI=1S/C24H21ClN4O3/c1-2-31-20-11-7-6-10-19(20)26-24(30)27-21(16-8-4-3-5-9-16)23-29-28-22(32-23)17-12-14-18(25)15-13-17/h3-15,21H,2H2,1H3,(H2,26,27,30)/t21-/m1/s1. The van der Waals surface area contributed by atoms with Gasteiger partial charge in [-0.05, 0) is 48.9 Å². The third-order valence-corrected chi connectivity index (χ3v) is 4.87. The topological polar surface area (TPSA) is 89.3 Å². The Morgan fingerprint density at radius 2 is 1.72 bits per heavy atom. The maximum atomic E-state index is 12.9. The Morgan fingerprint density at radius 3 is 2.47 bits per heavy atom. The lowest BCUT2D eigenvalue weighted by molar-refractivity contribution is 0.248. The summed E-state index contributed by atoms with van der Waals surface area (Å²) in [5.74, 6) is 1.18. The van der Waals surface area contributed by atoms with E-state index in [1.54, 1.807) is 36.4 Å². The summed E-state index contributed by atoms with van der Waals surface area (Å²) in [5.41, 5.74) is 2.09. The Balaban J connectivity index is 1.59. The molecule has 0 saturated carbocycles. The molecule has 1 heterocycles. The molecule has 0 aliphatic carbocycles. The molecular formula is C24H21ClN4O3. The van der Waals surface area contributed by atoms with Crippen LogP contribution in [0.15, 0.2) is 83.3 Å². The Labute approximate surface area is 190 Å². The number of carbonyl (C=O) groups is 1. The highest BCUT2D eigenvalue weighted by Gasteiger charge is 2.24. The van der Waals surface area contributed by atoms with Crippen LogP contribution in [0.2, 0.25) is 5.02 Å². The van der Waals surface area contributed by atoms with Crippen LogP contribution in [0.5, 0.6) is 5.75 Å². The van der Waals surface area contributed by atoms with E-state index in [-0.39, 0.29) is 5.89 Å². The number of amides is 2. The predicted molar refractivity (Wildman–Crippen MR) is 123 cm³/mol. The van der Waals surface area contributed by atoms with Crippen LogP contribution in [0, 0.1) is 0 Å². The van der Waals surface area contributed by atoms with E-state index in [4.69, 9.17) is 20.8 Å². The molecule has 0 radical (unpaired) electrons. The van der Waals surface area contributed by atoms with Crippen molar-refractivity contribution < 1.29 is 13.9 Å². The average molecular weight is 449 g/mol.